The minimum Gasteiger partial charge on any atom is -0.493 e. The van der Waals surface area contributed by atoms with Crippen molar-refractivity contribution in [3.05, 3.63) is 28.8 Å². The van der Waals surface area contributed by atoms with E-state index in [0.717, 1.165) is 24.7 Å². The van der Waals surface area contributed by atoms with E-state index >= 15 is 0 Å². The summed E-state index contributed by atoms with van der Waals surface area (Å²) in [5, 5.41) is 0. The fourth-order valence-corrected chi connectivity index (χ4v) is 2.49. The third-order valence-electron chi connectivity index (χ3n) is 3.96. The fourth-order valence-electron chi connectivity index (χ4n) is 2.49. The lowest BCUT2D eigenvalue weighted by Crippen LogP contribution is -2.20. The van der Waals surface area contributed by atoms with Crippen LogP contribution < -0.4 is 10.5 Å². The van der Waals surface area contributed by atoms with Crippen molar-refractivity contribution in [3.8, 4) is 5.75 Å². The molecule has 0 saturated heterocycles. The van der Waals surface area contributed by atoms with Gasteiger partial charge in [0.2, 0.25) is 0 Å². The topological polar surface area (TPSA) is 35.2 Å². The monoisotopic (exact) mass is 275 g/mol. The molecule has 0 aromatic heterocycles. The van der Waals surface area contributed by atoms with Gasteiger partial charge in [0.05, 0.1) is 6.61 Å². The summed E-state index contributed by atoms with van der Waals surface area (Å²) in [6.45, 7) is 11.8. The SMILES string of the molecule is Cc1cc(OCC2CC2)c(C(C)(C)C)cc1CC(C)N. The van der Waals surface area contributed by atoms with Gasteiger partial charge >= 0.3 is 0 Å². The lowest BCUT2D eigenvalue weighted by atomic mass is 9.83. The minimum atomic E-state index is 0.0964. The number of benzene rings is 1. The molecule has 2 rings (SSSR count). The molecule has 0 spiro atoms. The van der Waals surface area contributed by atoms with Gasteiger partial charge in [0.15, 0.2) is 0 Å². The first-order valence-corrected chi connectivity index (χ1v) is 7.79. The van der Waals surface area contributed by atoms with Crippen molar-refractivity contribution in [1.29, 1.82) is 0 Å². The summed E-state index contributed by atoms with van der Waals surface area (Å²) in [7, 11) is 0. The summed E-state index contributed by atoms with van der Waals surface area (Å²) in [5.74, 6) is 1.85. The van der Waals surface area contributed by atoms with E-state index in [1.807, 2.05) is 0 Å². The highest BCUT2D eigenvalue weighted by molar-refractivity contribution is 5.46. The largest absolute Gasteiger partial charge is 0.493 e. The molecule has 0 radical (unpaired) electrons. The Hall–Kier alpha value is -1.02. The van der Waals surface area contributed by atoms with Crippen LogP contribution in [0.3, 0.4) is 0 Å². The number of nitrogens with two attached hydrogens (primary N) is 1. The van der Waals surface area contributed by atoms with Crippen molar-refractivity contribution < 1.29 is 4.74 Å². The molecule has 20 heavy (non-hydrogen) atoms. The molecular weight excluding hydrogens is 246 g/mol. The number of hydrogen-bond donors (Lipinski definition) is 1. The lowest BCUT2D eigenvalue weighted by molar-refractivity contribution is 0.291. The number of hydrogen-bond acceptors (Lipinski definition) is 2. The van der Waals surface area contributed by atoms with E-state index in [2.05, 4.69) is 46.8 Å². The third kappa shape index (κ3) is 3.99. The molecule has 0 aliphatic heterocycles. The molecule has 112 valence electrons. The predicted octanol–water partition coefficient (Wildman–Crippen LogP) is 3.97. The van der Waals surface area contributed by atoms with Gasteiger partial charge in [0.25, 0.3) is 0 Å². The first kappa shape index (κ1) is 15.4. The molecule has 1 unspecified atom stereocenters. The molecule has 2 N–H and O–H groups in total. The van der Waals surface area contributed by atoms with Crippen LogP contribution in [0, 0.1) is 12.8 Å². The zero-order chi connectivity index (χ0) is 14.9. The fraction of sp³-hybridized carbons (Fsp3) is 0.667. The average molecular weight is 275 g/mol. The molecule has 0 bridgehead atoms. The van der Waals surface area contributed by atoms with Crippen LogP contribution in [0.5, 0.6) is 5.75 Å². The van der Waals surface area contributed by atoms with Crippen molar-refractivity contribution in [3.63, 3.8) is 0 Å². The Balaban J connectivity index is 2.30. The maximum Gasteiger partial charge on any atom is 0.123 e. The van der Waals surface area contributed by atoms with Gasteiger partial charge < -0.3 is 10.5 Å². The molecule has 2 nitrogen and oxygen atoms in total. The van der Waals surface area contributed by atoms with E-state index in [1.54, 1.807) is 0 Å². The summed E-state index contributed by atoms with van der Waals surface area (Å²) in [4.78, 5) is 0. The van der Waals surface area contributed by atoms with Crippen LogP contribution >= 0.6 is 0 Å². The highest BCUT2D eigenvalue weighted by Gasteiger charge is 2.25. The van der Waals surface area contributed by atoms with Crippen molar-refractivity contribution >= 4 is 0 Å². The molecule has 1 aliphatic carbocycles. The predicted molar refractivity (Wildman–Crippen MR) is 85.5 cm³/mol. The van der Waals surface area contributed by atoms with Gasteiger partial charge in [-0.3, -0.25) is 0 Å². The van der Waals surface area contributed by atoms with E-state index in [1.165, 1.54) is 29.5 Å². The highest BCUT2D eigenvalue weighted by Crippen LogP contribution is 2.36. The molecule has 1 aliphatic rings. The molecule has 1 fully saturated rings. The van der Waals surface area contributed by atoms with Crippen LogP contribution in [0.1, 0.15) is 57.2 Å². The maximum absolute atomic E-state index is 6.10. The van der Waals surface area contributed by atoms with Gasteiger partial charge in [0, 0.05) is 6.04 Å². The van der Waals surface area contributed by atoms with E-state index in [-0.39, 0.29) is 11.5 Å². The molecule has 1 aromatic rings. The van der Waals surface area contributed by atoms with Crippen LogP contribution in [0.15, 0.2) is 12.1 Å². The molecule has 2 heteroatoms. The van der Waals surface area contributed by atoms with Crippen molar-refractivity contribution in [2.45, 2.75) is 65.3 Å². The molecule has 1 aromatic carbocycles. The van der Waals surface area contributed by atoms with Crippen LogP contribution in [0.25, 0.3) is 0 Å². The first-order valence-electron chi connectivity index (χ1n) is 7.79. The lowest BCUT2D eigenvalue weighted by Gasteiger charge is -2.25. The van der Waals surface area contributed by atoms with Crippen molar-refractivity contribution in [1.82, 2.24) is 0 Å². The Morgan fingerprint density at radius 3 is 2.45 bits per heavy atom. The minimum absolute atomic E-state index is 0.0964. The molecule has 0 amide bonds. The van der Waals surface area contributed by atoms with Crippen LogP contribution in [0.4, 0.5) is 0 Å². The number of aryl methyl sites for hydroxylation is 1. The van der Waals surface area contributed by atoms with Crippen molar-refractivity contribution in [2.75, 3.05) is 6.61 Å². The third-order valence-corrected chi connectivity index (χ3v) is 3.96. The van der Waals surface area contributed by atoms with Crippen LogP contribution in [-0.2, 0) is 11.8 Å². The second-order valence-corrected chi connectivity index (χ2v) is 7.46. The zero-order valence-corrected chi connectivity index (χ0v) is 13.6. The second-order valence-electron chi connectivity index (χ2n) is 7.46. The van der Waals surface area contributed by atoms with E-state index in [9.17, 15) is 0 Å². The smallest absolute Gasteiger partial charge is 0.123 e. The Morgan fingerprint density at radius 2 is 1.95 bits per heavy atom. The Bertz CT molecular complexity index is 467. The van der Waals surface area contributed by atoms with Crippen molar-refractivity contribution in [2.24, 2.45) is 11.7 Å². The number of ether oxygens (including phenoxy) is 1. The van der Waals surface area contributed by atoms with Gasteiger partial charge in [-0.15, -0.1) is 0 Å². The Kier molecular flexibility index (Phi) is 4.43. The zero-order valence-electron chi connectivity index (χ0n) is 13.6. The summed E-state index contributed by atoms with van der Waals surface area (Å²) < 4.78 is 6.10. The molecule has 1 atom stereocenters. The Morgan fingerprint density at radius 1 is 1.30 bits per heavy atom. The van der Waals surface area contributed by atoms with Gasteiger partial charge in [0.1, 0.15) is 5.75 Å². The van der Waals surface area contributed by atoms with E-state index in [0.29, 0.717) is 0 Å². The summed E-state index contributed by atoms with van der Waals surface area (Å²) >= 11 is 0. The quantitative estimate of drug-likeness (QED) is 0.882. The molecular formula is C18H29NO. The standard InChI is InChI=1S/C18H29NO/c1-12-8-17(20-11-14-6-7-14)16(18(3,4)5)10-15(12)9-13(2)19/h8,10,13-14H,6-7,9,11,19H2,1-5H3. The maximum atomic E-state index is 6.10. The van der Waals surface area contributed by atoms with Crippen LogP contribution in [0.2, 0.25) is 0 Å². The van der Waals surface area contributed by atoms with Gasteiger partial charge in [-0.05, 0) is 67.2 Å². The second kappa shape index (κ2) is 5.77. The highest BCUT2D eigenvalue weighted by atomic mass is 16.5. The van der Waals surface area contributed by atoms with E-state index < -0.39 is 0 Å². The summed E-state index contributed by atoms with van der Waals surface area (Å²) in [6, 6.07) is 4.71. The normalized spacial score (nSPS) is 17.1. The van der Waals surface area contributed by atoms with Crippen LogP contribution in [-0.4, -0.2) is 12.6 Å². The van der Waals surface area contributed by atoms with Gasteiger partial charge in [-0.25, -0.2) is 0 Å². The number of rotatable bonds is 5. The molecule has 0 heterocycles. The van der Waals surface area contributed by atoms with Gasteiger partial charge in [-0.1, -0.05) is 26.8 Å². The average Bonchev–Trinajstić information content (AvgIpc) is 3.11. The molecule has 1 saturated carbocycles. The summed E-state index contributed by atoms with van der Waals surface area (Å²) in [5.41, 5.74) is 10.0. The van der Waals surface area contributed by atoms with Gasteiger partial charge in [-0.2, -0.15) is 0 Å². The first-order chi connectivity index (χ1) is 9.27. The summed E-state index contributed by atoms with van der Waals surface area (Å²) in [6.07, 6.45) is 3.58. The Labute approximate surface area is 123 Å². The van der Waals surface area contributed by atoms with E-state index in [4.69, 9.17) is 10.5 Å².